The van der Waals surface area contributed by atoms with Crippen molar-refractivity contribution in [1.29, 1.82) is 0 Å². The molecule has 3 bridgehead atoms. The lowest BCUT2D eigenvalue weighted by Gasteiger charge is -2.55. The molecule has 4 unspecified atom stereocenters. The third-order valence-electron chi connectivity index (χ3n) is 7.78. The molecule has 8 nitrogen and oxygen atoms in total. The van der Waals surface area contributed by atoms with Gasteiger partial charge >= 0.3 is 39.2 Å². The van der Waals surface area contributed by atoms with Crippen LogP contribution in [0.25, 0.3) is 0 Å². The molecule has 0 spiro atoms. The first kappa shape index (κ1) is 30.3. The number of ether oxygens (including phenoxy) is 3. The fraction of sp³-hybridized carbons (Fsp3) is 0.952. The van der Waals surface area contributed by atoms with Gasteiger partial charge in [0.15, 0.2) is 0 Å². The van der Waals surface area contributed by atoms with Crippen molar-refractivity contribution in [2.75, 3.05) is 13.2 Å². The monoisotopic (exact) mass is 574 g/mol. The van der Waals surface area contributed by atoms with Crippen LogP contribution in [-0.2, 0) is 29.1 Å². The number of fused-ring (bicyclic) bond motifs is 2. The predicted molar refractivity (Wildman–Crippen MR) is 110 cm³/mol. The molecule has 0 radical (unpaired) electrons. The standard InChI is InChI=1S/C21H29F7O8S/c1-2-34-16(30)19(20(24,25)26,35-8-7-18(22,23)21(27,28)37(31,32)33)36-15(29)17-10-12-3-5-14(17)6-4-13(9-12)11-17/h12-14,16,30H,2-11H2,1H3,(H,31,32,33). The molecule has 0 heterocycles. The molecule has 2 N–H and O–H groups in total. The van der Waals surface area contributed by atoms with E-state index in [4.69, 9.17) is 9.29 Å². The van der Waals surface area contributed by atoms with Gasteiger partial charge in [0, 0.05) is 13.0 Å². The molecular weight excluding hydrogens is 545 g/mol. The highest BCUT2D eigenvalue weighted by Crippen LogP contribution is 2.61. The zero-order chi connectivity index (χ0) is 28.1. The third kappa shape index (κ3) is 5.32. The quantitative estimate of drug-likeness (QED) is 0.163. The predicted octanol–water partition coefficient (Wildman–Crippen LogP) is 4.27. The van der Waals surface area contributed by atoms with Gasteiger partial charge in [-0.15, -0.1) is 0 Å². The van der Waals surface area contributed by atoms with Crippen molar-refractivity contribution in [2.24, 2.45) is 23.2 Å². The second kappa shape index (κ2) is 10.1. The fourth-order valence-corrected chi connectivity index (χ4v) is 6.51. The summed E-state index contributed by atoms with van der Waals surface area (Å²) in [7, 11) is -6.65. The van der Waals surface area contributed by atoms with E-state index in [0.717, 1.165) is 26.2 Å². The lowest BCUT2D eigenvalue weighted by Crippen LogP contribution is -2.63. The van der Waals surface area contributed by atoms with Gasteiger partial charge in [-0.25, -0.2) is 0 Å². The molecule has 216 valence electrons. The van der Waals surface area contributed by atoms with E-state index in [0.29, 0.717) is 12.8 Å². The van der Waals surface area contributed by atoms with E-state index in [9.17, 15) is 49.1 Å². The molecule has 0 saturated heterocycles. The second-order valence-corrected chi connectivity index (χ2v) is 11.5. The molecule has 16 heteroatoms. The maximum atomic E-state index is 14.3. The first-order valence-corrected chi connectivity index (χ1v) is 13.2. The minimum Gasteiger partial charge on any atom is -0.418 e. The van der Waals surface area contributed by atoms with Crippen LogP contribution < -0.4 is 0 Å². The molecule has 3 aliphatic rings. The SMILES string of the molecule is CCOC(O)C(OCCC(F)(F)C(F)(F)S(=O)(=O)O)(OC(=O)C12CC3CCC1CCC(C3)C2)C(F)(F)F. The Kier molecular flexibility index (Phi) is 8.25. The van der Waals surface area contributed by atoms with Crippen LogP contribution in [0.4, 0.5) is 30.7 Å². The smallest absolute Gasteiger partial charge is 0.418 e. The lowest BCUT2D eigenvalue weighted by atomic mass is 9.49. The van der Waals surface area contributed by atoms with E-state index >= 15 is 0 Å². The summed E-state index contributed by atoms with van der Waals surface area (Å²) in [5.41, 5.74) is -1.32. The van der Waals surface area contributed by atoms with E-state index < -0.39 is 70.6 Å². The molecule has 4 atom stereocenters. The Bertz CT molecular complexity index is 941. The Balaban J connectivity index is 1.91. The summed E-state index contributed by atoms with van der Waals surface area (Å²) < 4.78 is 141. The molecule has 0 aromatic heterocycles. The van der Waals surface area contributed by atoms with E-state index in [1.54, 1.807) is 0 Å². The topological polar surface area (TPSA) is 119 Å². The Morgan fingerprint density at radius 3 is 2.03 bits per heavy atom. The Hall–Kier alpha value is -1.23. The molecular formula is C21H29F7O8S. The minimum absolute atomic E-state index is 0.0715. The Morgan fingerprint density at radius 1 is 1.03 bits per heavy atom. The Morgan fingerprint density at radius 2 is 1.57 bits per heavy atom. The molecule has 3 aliphatic carbocycles. The zero-order valence-electron chi connectivity index (χ0n) is 19.8. The van der Waals surface area contributed by atoms with Gasteiger partial charge in [0.1, 0.15) is 0 Å². The summed E-state index contributed by atoms with van der Waals surface area (Å²) >= 11 is 0. The summed E-state index contributed by atoms with van der Waals surface area (Å²) in [5, 5.41) is 4.14. The number of hydrogen-bond acceptors (Lipinski definition) is 7. The van der Waals surface area contributed by atoms with Crippen molar-refractivity contribution in [1.82, 2.24) is 0 Å². The number of carbonyl (C=O) groups is 1. The fourth-order valence-electron chi connectivity index (χ4n) is 6.03. The maximum Gasteiger partial charge on any atom is 0.461 e. The molecule has 0 amide bonds. The molecule has 0 aromatic rings. The summed E-state index contributed by atoms with van der Waals surface area (Å²) in [6.45, 7) is -1.37. The van der Waals surface area contributed by atoms with Crippen LogP contribution in [0.3, 0.4) is 0 Å². The summed E-state index contributed by atoms with van der Waals surface area (Å²) in [6.07, 6.45) is -7.24. The van der Waals surface area contributed by atoms with Gasteiger partial charge < -0.3 is 19.3 Å². The van der Waals surface area contributed by atoms with Crippen LogP contribution in [0, 0.1) is 23.2 Å². The van der Waals surface area contributed by atoms with Crippen LogP contribution in [-0.4, -0.2) is 66.7 Å². The van der Waals surface area contributed by atoms with E-state index in [2.05, 4.69) is 9.47 Å². The number of alkyl halides is 7. The van der Waals surface area contributed by atoms with Crippen LogP contribution in [0.2, 0.25) is 0 Å². The lowest BCUT2D eigenvalue weighted by molar-refractivity contribution is -0.431. The maximum absolute atomic E-state index is 14.3. The summed E-state index contributed by atoms with van der Waals surface area (Å²) in [6, 6.07) is 0. The van der Waals surface area contributed by atoms with Gasteiger partial charge in [-0.2, -0.15) is 39.2 Å². The number of aliphatic hydroxyl groups excluding tert-OH is 1. The summed E-state index contributed by atoms with van der Waals surface area (Å²) in [4.78, 5) is 13.4. The number of esters is 1. The first-order chi connectivity index (χ1) is 16.8. The van der Waals surface area contributed by atoms with Crippen molar-refractivity contribution >= 4 is 16.1 Å². The van der Waals surface area contributed by atoms with E-state index in [1.807, 2.05) is 0 Å². The zero-order valence-corrected chi connectivity index (χ0v) is 20.6. The highest BCUT2D eigenvalue weighted by Gasteiger charge is 2.70. The van der Waals surface area contributed by atoms with Crippen molar-refractivity contribution in [3.63, 3.8) is 0 Å². The molecule has 37 heavy (non-hydrogen) atoms. The average molecular weight is 575 g/mol. The van der Waals surface area contributed by atoms with Crippen LogP contribution in [0.1, 0.15) is 58.3 Å². The number of carbonyl (C=O) groups excluding carboxylic acids is 1. The number of aliphatic hydroxyl groups is 1. The Labute approximate surface area is 208 Å². The van der Waals surface area contributed by atoms with Crippen molar-refractivity contribution in [2.45, 2.75) is 87.7 Å². The first-order valence-electron chi connectivity index (χ1n) is 11.8. The van der Waals surface area contributed by atoms with E-state index in [1.165, 1.54) is 0 Å². The van der Waals surface area contributed by atoms with Gasteiger partial charge in [-0.3, -0.25) is 9.35 Å². The van der Waals surface area contributed by atoms with Gasteiger partial charge in [0.05, 0.1) is 12.0 Å². The van der Waals surface area contributed by atoms with Gasteiger partial charge in [0.2, 0.25) is 6.29 Å². The number of rotatable bonds is 11. The molecule has 3 rings (SSSR count). The van der Waals surface area contributed by atoms with Crippen molar-refractivity contribution in [3.8, 4) is 0 Å². The molecule has 3 fully saturated rings. The van der Waals surface area contributed by atoms with Gasteiger partial charge in [-0.05, 0) is 56.8 Å². The van der Waals surface area contributed by atoms with Gasteiger partial charge in [0.25, 0.3) is 0 Å². The largest absolute Gasteiger partial charge is 0.461 e. The second-order valence-electron chi connectivity index (χ2n) is 10.0. The molecule has 3 saturated carbocycles. The number of hydrogen-bond donors (Lipinski definition) is 2. The van der Waals surface area contributed by atoms with Crippen LogP contribution in [0.15, 0.2) is 0 Å². The van der Waals surface area contributed by atoms with Crippen LogP contribution in [0.5, 0.6) is 0 Å². The average Bonchev–Trinajstić information content (AvgIpc) is 2.75. The highest BCUT2D eigenvalue weighted by molar-refractivity contribution is 7.87. The van der Waals surface area contributed by atoms with Crippen molar-refractivity contribution in [3.05, 3.63) is 0 Å². The molecule has 0 aliphatic heterocycles. The molecule has 0 aromatic carbocycles. The van der Waals surface area contributed by atoms with Crippen molar-refractivity contribution < 1.29 is 67.8 Å². The van der Waals surface area contributed by atoms with Gasteiger partial charge in [-0.1, -0.05) is 12.8 Å². The summed E-state index contributed by atoms with van der Waals surface area (Å²) in [5.74, 6) is -11.5. The minimum atomic E-state index is -6.65. The van der Waals surface area contributed by atoms with Crippen LogP contribution >= 0.6 is 0 Å². The normalized spacial score (nSPS) is 31.0. The highest BCUT2D eigenvalue weighted by atomic mass is 32.2. The van der Waals surface area contributed by atoms with E-state index in [-0.39, 0.29) is 30.6 Å². The third-order valence-corrected chi connectivity index (χ3v) is 8.73. The number of halogens is 7.